The Labute approximate surface area is 148 Å². The van der Waals surface area contributed by atoms with Crippen LogP contribution in [0.1, 0.15) is 36.7 Å². The van der Waals surface area contributed by atoms with Crippen molar-refractivity contribution in [3.8, 4) is 0 Å². The first-order chi connectivity index (χ1) is 11.8. The molecule has 0 aliphatic heterocycles. The van der Waals surface area contributed by atoms with Gasteiger partial charge in [0.15, 0.2) is 0 Å². The zero-order valence-electron chi connectivity index (χ0n) is 15.5. The van der Waals surface area contributed by atoms with E-state index in [9.17, 15) is 14.4 Å². The molecule has 3 amide bonds. The summed E-state index contributed by atoms with van der Waals surface area (Å²) >= 11 is 0. The van der Waals surface area contributed by atoms with Crippen molar-refractivity contribution < 1.29 is 19.1 Å². The molecule has 0 heterocycles. The molecule has 0 unspecified atom stereocenters. The monoisotopic (exact) mass is 349 g/mol. The van der Waals surface area contributed by atoms with Gasteiger partial charge in [0, 0.05) is 32.2 Å². The Morgan fingerprint density at radius 1 is 1.12 bits per heavy atom. The Kier molecular flexibility index (Phi) is 7.91. The number of nitrogens with one attached hydrogen (secondary N) is 1. The predicted octanol–water partition coefficient (Wildman–Crippen LogP) is 1.87. The molecule has 0 saturated heterocycles. The standard InChI is InChI=1S/C18H27N3O4/c1-6-25-18(24)20(4)12-16(22)19-11-14-7-9-15(10-8-14)17(23)21(5)13(2)3/h7-10,13H,6,11-12H2,1-5H3,(H,19,22). The number of carbonyl (C=O) groups excluding carboxylic acids is 3. The molecule has 0 bridgehead atoms. The Morgan fingerprint density at radius 3 is 2.24 bits per heavy atom. The molecule has 0 fully saturated rings. The minimum atomic E-state index is -0.533. The largest absolute Gasteiger partial charge is 0.450 e. The van der Waals surface area contributed by atoms with Crippen LogP contribution in [0.3, 0.4) is 0 Å². The van der Waals surface area contributed by atoms with Crippen LogP contribution in [0.2, 0.25) is 0 Å². The van der Waals surface area contributed by atoms with Crippen LogP contribution in [0.25, 0.3) is 0 Å². The third-order valence-corrected chi connectivity index (χ3v) is 3.75. The van der Waals surface area contributed by atoms with Crippen molar-refractivity contribution >= 4 is 17.9 Å². The average Bonchev–Trinajstić information content (AvgIpc) is 2.59. The van der Waals surface area contributed by atoms with E-state index in [4.69, 9.17) is 4.74 Å². The molecule has 7 heteroatoms. The average molecular weight is 349 g/mol. The molecule has 0 aromatic heterocycles. The van der Waals surface area contributed by atoms with E-state index in [1.807, 2.05) is 13.8 Å². The number of hydrogen-bond acceptors (Lipinski definition) is 4. The van der Waals surface area contributed by atoms with Crippen molar-refractivity contribution in [1.82, 2.24) is 15.1 Å². The Bertz CT molecular complexity index is 599. The van der Waals surface area contributed by atoms with Gasteiger partial charge < -0.3 is 19.9 Å². The maximum absolute atomic E-state index is 12.2. The molecule has 1 aromatic carbocycles. The predicted molar refractivity (Wildman–Crippen MR) is 95.2 cm³/mol. The van der Waals surface area contributed by atoms with Gasteiger partial charge in [-0.15, -0.1) is 0 Å². The molecular formula is C18H27N3O4. The van der Waals surface area contributed by atoms with Gasteiger partial charge in [-0.25, -0.2) is 4.79 Å². The van der Waals surface area contributed by atoms with Crippen LogP contribution in [-0.4, -0.2) is 61.0 Å². The van der Waals surface area contributed by atoms with Crippen LogP contribution >= 0.6 is 0 Å². The third kappa shape index (κ3) is 6.45. The maximum Gasteiger partial charge on any atom is 0.409 e. The Balaban J connectivity index is 2.52. The number of benzene rings is 1. The van der Waals surface area contributed by atoms with E-state index in [2.05, 4.69) is 5.32 Å². The van der Waals surface area contributed by atoms with Gasteiger partial charge in [-0.05, 0) is 38.5 Å². The highest BCUT2D eigenvalue weighted by Crippen LogP contribution is 2.09. The third-order valence-electron chi connectivity index (χ3n) is 3.75. The van der Waals surface area contributed by atoms with E-state index in [1.165, 1.54) is 11.9 Å². The van der Waals surface area contributed by atoms with Gasteiger partial charge in [0.1, 0.15) is 6.54 Å². The van der Waals surface area contributed by atoms with Crippen LogP contribution in [0.5, 0.6) is 0 Å². The smallest absolute Gasteiger partial charge is 0.409 e. The van der Waals surface area contributed by atoms with E-state index in [0.717, 1.165) is 5.56 Å². The highest BCUT2D eigenvalue weighted by atomic mass is 16.6. The highest BCUT2D eigenvalue weighted by molar-refractivity contribution is 5.94. The van der Waals surface area contributed by atoms with E-state index in [1.54, 1.807) is 43.1 Å². The first kappa shape index (κ1) is 20.5. The number of carbonyl (C=O) groups is 3. The SMILES string of the molecule is CCOC(=O)N(C)CC(=O)NCc1ccc(C(=O)N(C)C(C)C)cc1. The van der Waals surface area contributed by atoms with Crippen LogP contribution in [0, 0.1) is 0 Å². The number of likely N-dealkylation sites (N-methyl/N-ethyl adjacent to an activating group) is 1. The highest BCUT2D eigenvalue weighted by Gasteiger charge is 2.15. The quantitative estimate of drug-likeness (QED) is 0.815. The second-order valence-electron chi connectivity index (χ2n) is 6.04. The summed E-state index contributed by atoms with van der Waals surface area (Å²) in [5, 5.41) is 2.73. The summed E-state index contributed by atoms with van der Waals surface area (Å²) in [5.74, 6) is -0.322. The molecule has 0 atom stereocenters. The summed E-state index contributed by atoms with van der Waals surface area (Å²) in [5.41, 5.74) is 1.48. The van der Waals surface area contributed by atoms with Crippen molar-refractivity contribution in [3.05, 3.63) is 35.4 Å². The summed E-state index contributed by atoms with van der Waals surface area (Å²) in [7, 11) is 3.27. The fourth-order valence-electron chi connectivity index (χ4n) is 1.97. The van der Waals surface area contributed by atoms with Crippen molar-refractivity contribution in [2.75, 3.05) is 27.2 Å². The molecule has 1 aromatic rings. The van der Waals surface area contributed by atoms with E-state index < -0.39 is 6.09 Å². The first-order valence-electron chi connectivity index (χ1n) is 8.27. The fourth-order valence-corrected chi connectivity index (χ4v) is 1.97. The maximum atomic E-state index is 12.2. The van der Waals surface area contributed by atoms with Gasteiger partial charge in [0.25, 0.3) is 5.91 Å². The van der Waals surface area contributed by atoms with Gasteiger partial charge in [-0.2, -0.15) is 0 Å². The van der Waals surface area contributed by atoms with Crippen molar-refractivity contribution in [1.29, 1.82) is 0 Å². The van der Waals surface area contributed by atoms with Crippen LogP contribution in [0.15, 0.2) is 24.3 Å². The van der Waals surface area contributed by atoms with Gasteiger partial charge in [-0.1, -0.05) is 12.1 Å². The molecule has 25 heavy (non-hydrogen) atoms. The zero-order valence-corrected chi connectivity index (χ0v) is 15.5. The normalized spacial score (nSPS) is 10.3. The van der Waals surface area contributed by atoms with E-state index in [-0.39, 0.29) is 31.0 Å². The van der Waals surface area contributed by atoms with Crippen molar-refractivity contribution in [3.63, 3.8) is 0 Å². The molecule has 1 N–H and O–H groups in total. The fraction of sp³-hybridized carbons (Fsp3) is 0.500. The number of nitrogens with zero attached hydrogens (tertiary/aromatic N) is 2. The number of ether oxygens (including phenoxy) is 1. The van der Waals surface area contributed by atoms with E-state index >= 15 is 0 Å². The molecule has 0 radical (unpaired) electrons. The van der Waals surface area contributed by atoms with Gasteiger partial charge >= 0.3 is 6.09 Å². The number of rotatable bonds is 7. The summed E-state index contributed by atoms with van der Waals surface area (Å²) in [6.45, 7) is 6.13. The van der Waals surface area contributed by atoms with Crippen molar-refractivity contribution in [2.45, 2.75) is 33.4 Å². The van der Waals surface area contributed by atoms with Crippen molar-refractivity contribution in [2.24, 2.45) is 0 Å². The zero-order chi connectivity index (χ0) is 19.0. The Morgan fingerprint density at radius 2 is 1.72 bits per heavy atom. The minimum Gasteiger partial charge on any atom is -0.450 e. The van der Waals surface area contributed by atoms with Crippen LogP contribution in [-0.2, 0) is 16.1 Å². The Hall–Kier alpha value is -2.57. The van der Waals surface area contributed by atoms with Gasteiger partial charge in [0.05, 0.1) is 6.61 Å². The molecule has 138 valence electrons. The molecule has 0 aliphatic carbocycles. The second-order valence-corrected chi connectivity index (χ2v) is 6.04. The molecule has 0 aliphatic rings. The summed E-state index contributed by atoms with van der Waals surface area (Å²) < 4.78 is 4.81. The lowest BCUT2D eigenvalue weighted by Crippen LogP contribution is -2.38. The minimum absolute atomic E-state index is 0.0401. The summed E-state index contributed by atoms with van der Waals surface area (Å²) in [6.07, 6.45) is -0.533. The number of hydrogen-bond donors (Lipinski definition) is 1. The molecule has 0 saturated carbocycles. The summed E-state index contributed by atoms with van der Waals surface area (Å²) in [6, 6.07) is 7.22. The molecular weight excluding hydrogens is 322 g/mol. The van der Waals surface area contributed by atoms with Crippen LogP contribution in [0.4, 0.5) is 4.79 Å². The second kappa shape index (κ2) is 9.66. The first-order valence-corrected chi connectivity index (χ1v) is 8.27. The van der Waals surface area contributed by atoms with Gasteiger partial charge in [0.2, 0.25) is 5.91 Å². The lowest BCUT2D eigenvalue weighted by atomic mass is 10.1. The van der Waals surface area contributed by atoms with E-state index in [0.29, 0.717) is 12.1 Å². The lowest BCUT2D eigenvalue weighted by molar-refractivity contribution is -0.121. The lowest BCUT2D eigenvalue weighted by Gasteiger charge is -2.21. The molecule has 7 nitrogen and oxygen atoms in total. The molecule has 0 spiro atoms. The summed E-state index contributed by atoms with van der Waals surface area (Å²) in [4.78, 5) is 38.4. The van der Waals surface area contributed by atoms with Gasteiger partial charge in [-0.3, -0.25) is 9.59 Å². The molecule has 1 rings (SSSR count). The number of amides is 3. The van der Waals surface area contributed by atoms with Crippen LogP contribution < -0.4 is 5.32 Å². The topological polar surface area (TPSA) is 79.0 Å².